The monoisotopic (exact) mass is 238 g/mol. The molecule has 0 amide bonds. The first-order valence-electron chi connectivity index (χ1n) is 7.66. The molecule has 0 aliphatic heterocycles. The van der Waals surface area contributed by atoms with Gasteiger partial charge in [0.25, 0.3) is 0 Å². The molecule has 0 aromatic heterocycles. The van der Waals surface area contributed by atoms with Gasteiger partial charge in [0.1, 0.15) is 0 Å². The number of likely N-dealkylation sites (N-methyl/N-ethyl adjacent to an activating group) is 1. The van der Waals surface area contributed by atoms with E-state index < -0.39 is 0 Å². The van der Waals surface area contributed by atoms with Crippen molar-refractivity contribution in [2.45, 2.75) is 76.9 Å². The van der Waals surface area contributed by atoms with E-state index in [1.807, 2.05) is 0 Å². The minimum Gasteiger partial charge on any atom is -0.312 e. The molecule has 2 aliphatic carbocycles. The first kappa shape index (κ1) is 13.4. The minimum absolute atomic E-state index is 0.744. The molecule has 2 nitrogen and oxygen atoms in total. The number of hydrogen-bond acceptors (Lipinski definition) is 2. The van der Waals surface area contributed by atoms with Gasteiger partial charge in [-0.05, 0) is 57.9 Å². The highest BCUT2D eigenvalue weighted by Gasteiger charge is 2.27. The number of nitrogens with one attached hydrogen (secondary N) is 1. The van der Waals surface area contributed by atoms with E-state index >= 15 is 0 Å². The summed E-state index contributed by atoms with van der Waals surface area (Å²) in [5, 5.41) is 3.69. The lowest BCUT2D eigenvalue weighted by molar-refractivity contribution is 0.118. The predicted molar refractivity (Wildman–Crippen MR) is 74.3 cm³/mol. The van der Waals surface area contributed by atoms with Gasteiger partial charge in [-0.25, -0.2) is 0 Å². The smallest absolute Gasteiger partial charge is 0.0218 e. The zero-order valence-electron chi connectivity index (χ0n) is 11.9. The van der Waals surface area contributed by atoms with E-state index in [1.54, 1.807) is 0 Å². The van der Waals surface area contributed by atoms with Crippen LogP contribution in [-0.4, -0.2) is 36.6 Å². The van der Waals surface area contributed by atoms with Crippen molar-refractivity contribution in [3.63, 3.8) is 0 Å². The van der Waals surface area contributed by atoms with Crippen LogP contribution in [0.3, 0.4) is 0 Å². The van der Waals surface area contributed by atoms with Crippen LogP contribution in [0.25, 0.3) is 0 Å². The van der Waals surface area contributed by atoms with Crippen LogP contribution < -0.4 is 5.32 Å². The molecule has 0 bridgehead atoms. The number of rotatable bonds is 6. The zero-order valence-corrected chi connectivity index (χ0v) is 11.9. The molecule has 0 aromatic carbocycles. The first-order valence-corrected chi connectivity index (χ1v) is 7.66. The predicted octanol–water partition coefficient (Wildman–Crippen LogP) is 3.03. The van der Waals surface area contributed by atoms with Crippen molar-refractivity contribution in [3.8, 4) is 0 Å². The molecule has 100 valence electrons. The van der Waals surface area contributed by atoms with Crippen LogP contribution in [0.15, 0.2) is 0 Å². The third-order valence-electron chi connectivity index (χ3n) is 4.83. The van der Waals surface area contributed by atoms with E-state index in [0.29, 0.717) is 0 Å². The van der Waals surface area contributed by atoms with Crippen molar-refractivity contribution in [2.75, 3.05) is 13.6 Å². The summed E-state index contributed by atoms with van der Waals surface area (Å²) in [7, 11) is 2.35. The van der Waals surface area contributed by atoms with Crippen molar-refractivity contribution in [1.82, 2.24) is 10.2 Å². The zero-order chi connectivity index (χ0) is 12.3. The normalized spacial score (nSPS) is 31.8. The van der Waals surface area contributed by atoms with Crippen molar-refractivity contribution in [1.29, 1.82) is 0 Å². The van der Waals surface area contributed by atoms with Gasteiger partial charge in [-0.2, -0.15) is 0 Å². The average Bonchev–Trinajstić information content (AvgIpc) is 3.14. The lowest BCUT2D eigenvalue weighted by Gasteiger charge is -2.38. The molecule has 0 spiro atoms. The first-order chi connectivity index (χ1) is 8.20. The fourth-order valence-electron chi connectivity index (χ4n) is 3.11. The Hall–Kier alpha value is -0.0800. The molecule has 0 aromatic rings. The van der Waals surface area contributed by atoms with Gasteiger partial charge in [-0.15, -0.1) is 0 Å². The van der Waals surface area contributed by atoms with E-state index in [2.05, 4.69) is 31.1 Å². The molecular formula is C15H30N2. The second-order valence-electron chi connectivity index (χ2n) is 6.32. The fourth-order valence-corrected chi connectivity index (χ4v) is 3.11. The highest BCUT2D eigenvalue weighted by atomic mass is 15.2. The van der Waals surface area contributed by atoms with E-state index in [1.165, 1.54) is 51.5 Å². The molecule has 0 heterocycles. The Labute approximate surface area is 107 Å². The van der Waals surface area contributed by atoms with Crippen LogP contribution in [0.4, 0.5) is 0 Å². The Morgan fingerprint density at radius 2 is 1.76 bits per heavy atom. The maximum Gasteiger partial charge on any atom is 0.0218 e. The van der Waals surface area contributed by atoms with Crippen molar-refractivity contribution in [2.24, 2.45) is 5.92 Å². The second-order valence-corrected chi connectivity index (χ2v) is 6.32. The van der Waals surface area contributed by atoms with Crippen LogP contribution in [0.1, 0.15) is 58.8 Å². The summed E-state index contributed by atoms with van der Waals surface area (Å²) in [4.78, 5) is 2.67. The van der Waals surface area contributed by atoms with E-state index in [4.69, 9.17) is 0 Å². The SMILES string of the molecule is CCC(CNC1CC1)N(C)C1CCC(C)CC1. The lowest BCUT2D eigenvalue weighted by atomic mass is 9.86. The quantitative estimate of drug-likeness (QED) is 0.765. The molecule has 2 rings (SSSR count). The summed E-state index contributed by atoms with van der Waals surface area (Å²) in [6, 6.07) is 2.44. The summed E-state index contributed by atoms with van der Waals surface area (Å²) < 4.78 is 0. The van der Waals surface area contributed by atoms with Gasteiger partial charge in [0.05, 0.1) is 0 Å². The summed E-state index contributed by atoms with van der Waals surface area (Å²) in [6.07, 6.45) is 9.78. The molecule has 1 atom stereocenters. The van der Waals surface area contributed by atoms with Crippen LogP contribution in [0, 0.1) is 5.92 Å². The maximum absolute atomic E-state index is 3.69. The maximum atomic E-state index is 3.69. The van der Waals surface area contributed by atoms with Crippen LogP contribution in [0.5, 0.6) is 0 Å². The Balaban J connectivity index is 1.76. The van der Waals surface area contributed by atoms with Gasteiger partial charge < -0.3 is 5.32 Å². The van der Waals surface area contributed by atoms with Gasteiger partial charge in [-0.1, -0.05) is 13.8 Å². The molecule has 0 radical (unpaired) electrons. The third-order valence-corrected chi connectivity index (χ3v) is 4.83. The van der Waals surface area contributed by atoms with Crippen molar-refractivity contribution >= 4 is 0 Å². The van der Waals surface area contributed by atoms with Gasteiger partial charge in [0.15, 0.2) is 0 Å². The Morgan fingerprint density at radius 1 is 1.12 bits per heavy atom. The molecule has 1 N–H and O–H groups in total. The van der Waals surface area contributed by atoms with Crippen LogP contribution in [0.2, 0.25) is 0 Å². The summed E-state index contributed by atoms with van der Waals surface area (Å²) in [6.45, 7) is 5.94. The number of hydrogen-bond donors (Lipinski definition) is 1. The Morgan fingerprint density at radius 3 is 2.29 bits per heavy atom. The van der Waals surface area contributed by atoms with Crippen molar-refractivity contribution in [3.05, 3.63) is 0 Å². The summed E-state index contributed by atoms with van der Waals surface area (Å²) >= 11 is 0. The lowest BCUT2D eigenvalue weighted by Crippen LogP contribution is -2.46. The van der Waals surface area contributed by atoms with Gasteiger partial charge in [0.2, 0.25) is 0 Å². The molecule has 0 saturated heterocycles. The van der Waals surface area contributed by atoms with Crippen molar-refractivity contribution < 1.29 is 0 Å². The molecule has 2 heteroatoms. The van der Waals surface area contributed by atoms with E-state index in [9.17, 15) is 0 Å². The van der Waals surface area contributed by atoms with E-state index in [0.717, 1.165) is 24.0 Å². The van der Waals surface area contributed by atoms with Gasteiger partial charge >= 0.3 is 0 Å². The topological polar surface area (TPSA) is 15.3 Å². The second kappa shape index (κ2) is 6.19. The van der Waals surface area contributed by atoms with Gasteiger partial charge in [-0.3, -0.25) is 4.90 Å². The highest BCUT2D eigenvalue weighted by Crippen LogP contribution is 2.28. The summed E-state index contributed by atoms with van der Waals surface area (Å²) in [5.41, 5.74) is 0. The molecule has 2 aliphatic rings. The van der Waals surface area contributed by atoms with E-state index in [-0.39, 0.29) is 0 Å². The highest BCUT2D eigenvalue weighted by molar-refractivity contribution is 4.86. The minimum atomic E-state index is 0.744. The molecule has 2 saturated carbocycles. The summed E-state index contributed by atoms with van der Waals surface area (Å²) in [5.74, 6) is 0.962. The molecule has 17 heavy (non-hydrogen) atoms. The fraction of sp³-hybridized carbons (Fsp3) is 1.00. The largest absolute Gasteiger partial charge is 0.312 e. The van der Waals surface area contributed by atoms with Crippen LogP contribution >= 0.6 is 0 Å². The molecule has 2 fully saturated rings. The van der Waals surface area contributed by atoms with Gasteiger partial charge in [0, 0.05) is 24.7 Å². The Kier molecular flexibility index (Phi) is 4.87. The molecular weight excluding hydrogens is 208 g/mol. The number of nitrogens with zero attached hydrogens (tertiary/aromatic N) is 1. The average molecular weight is 238 g/mol. The third kappa shape index (κ3) is 3.96. The molecule has 1 unspecified atom stereocenters. The standard InChI is InChI=1S/C15H30N2/c1-4-14(11-16-13-7-8-13)17(3)15-9-5-12(2)6-10-15/h12-16H,4-11H2,1-3H3. The Bertz CT molecular complexity index is 217. The van der Waals surface area contributed by atoms with Crippen LogP contribution in [-0.2, 0) is 0 Å².